The smallest absolute Gasteiger partial charge is 0.342 e. The van der Waals surface area contributed by atoms with Gasteiger partial charge in [0, 0.05) is 12.1 Å². The van der Waals surface area contributed by atoms with Gasteiger partial charge in [-0.05, 0) is 18.1 Å². The monoisotopic (exact) mass is 288 g/mol. The summed E-state index contributed by atoms with van der Waals surface area (Å²) in [5.74, 6) is -3.68. The number of benzene rings is 1. The van der Waals surface area contributed by atoms with Crippen molar-refractivity contribution in [2.24, 2.45) is 0 Å². The Balaban J connectivity index is 3.32. The van der Waals surface area contributed by atoms with Crippen LogP contribution in [0.5, 0.6) is 5.75 Å². The van der Waals surface area contributed by atoms with Crippen molar-refractivity contribution in [2.45, 2.75) is 38.9 Å². The fraction of sp³-hybridized carbons (Fsp3) is 0.462. The molecule has 0 saturated carbocycles. The lowest BCUT2D eigenvalue weighted by atomic mass is 10.2. The summed E-state index contributed by atoms with van der Waals surface area (Å²) in [6.45, 7) is 9.61. The van der Waals surface area contributed by atoms with Gasteiger partial charge in [-0.3, -0.25) is 0 Å². The lowest BCUT2D eigenvalue weighted by molar-refractivity contribution is 0.0689. The van der Waals surface area contributed by atoms with Crippen molar-refractivity contribution in [3.63, 3.8) is 0 Å². The van der Waals surface area contributed by atoms with Gasteiger partial charge in [0.05, 0.1) is 0 Å². The second-order valence-corrected chi connectivity index (χ2v) is 10.7. The van der Waals surface area contributed by atoms with E-state index in [2.05, 4.69) is 0 Å². The van der Waals surface area contributed by atoms with Crippen molar-refractivity contribution in [1.82, 2.24) is 0 Å². The molecule has 1 aromatic rings. The first-order valence-electron chi connectivity index (χ1n) is 5.87. The SMILES string of the molecule is CC(C)(C)[Si](C)(C)Oc1cc(F)cc(F)c1C(=O)O. The number of hydrogen-bond acceptors (Lipinski definition) is 2. The molecule has 0 atom stereocenters. The van der Waals surface area contributed by atoms with Gasteiger partial charge in [0.2, 0.25) is 0 Å². The minimum absolute atomic E-state index is 0.203. The predicted molar refractivity (Wildman–Crippen MR) is 71.1 cm³/mol. The fourth-order valence-corrected chi connectivity index (χ4v) is 2.28. The molecule has 3 nitrogen and oxygen atoms in total. The van der Waals surface area contributed by atoms with Crippen molar-refractivity contribution in [1.29, 1.82) is 0 Å². The van der Waals surface area contributed by atoms with E-state index >= 15 is 0 Å². The summed E-state index contributed by atoms with van der Waals surface area (Å²) < 4.78 is 32.5. The Morgan fingerprint density at radius 2 is 1.79 bits per heavy atom. The third-order valence-corrected chi connectivity index (χ3v) is 7.75. The van der Waals surface area contributed by atoms with Crippen molar-refractivity contribution in [3.05, 3.63) is 29.3 Å². The topological polar surface area (TPSA) is 46.5 Å². The first kappa shape index (κ1) is 15.6. The number of halogens is 2. The summed E-state index contributed by atoms with van der Waals surface area (Å²) in [6.07, 6.45) is 0. The molecule has 0 amide bonds. The Labute approximate surface area is 112 Å². The van der Waals surface area contributed by atoms with E-state index < -0.39 is 31.5 Å². The summed E-state index contributed by atoms with van der Waals surface area (Å²) in [4.78, 5) is 11.1. The van der Waals surface area contributed by atoms with Crippen LogP contribution >= 0.6 is 0 Å². The molecule has 0 radical (unpaired) electrons. The zero-order chi connectivity index (χ0) is 15.0. The van der Waals surface area contributed by atoms with Gasteiger partial charge in [0.1, 0.15) is 22.9 Å². The molecule has 0 aliphatic carbocycles. The average molecular weight is 288 g/mol. The van der Waals surface area contributed by atoms with Gasteiger partial charge < -0.3 is 9.53 Å². The first-order valence-corrected chi connectivity index (χ1v) is 8.78. The summed E-state index contributed by atoms with van der Waals surface area (Å²) in [5.41, 5.74) is -0.619. The minimum Gasteiger partial charge on any atom is -0.543 e. The Morgan fingerprint density at radius 1 is 1.26 bits per heavy atom. The normalized spacial score (nSPS) is 12.4. The van der Waals surface area contributed by atoms with Gasteiger partial charge in [0.15, 0.2) is 0 Å². The number of rotatable bonds is 3. The molecule has 6 heteroatoms. The molecule has 1 rings (SSSR count). The minimum atomic E-state index is -2.37. The Morgan fingerprint density at radius 3 is 2.21 bits per heavy atom. The Hall–Kier alpha value is -1.43. The lowest BCUT2D eigenvalue weighted by Gasteiger charge is -2.36. The van der Waals surface area contributed by atoms with Crippen molar-refractivity contribution in [3.8, 4) is 5.75 Å². The number of aromatic carboxylic acids is 1. The first-order chi connectivity index (χ1) is 8.45. The van der Waals surface area contributed by atoms with E-state index in [0.29, 0.717) is 6.07 Å². The summed E-state index contributed by atoms with van der Waals surface area (Å²) >= 11 is 0. The van der Waals surface area contributed by atoms with Crippen LogP contribution < -0.4 is 4.43 Å². The predicted octanol–water partition coefficient (Wildman–Crippen LogP) is 4.05. The van der Waals surface area contributed by atoms with Crippen LogP contribution in [0.1, 0.15) is 31.1 Å². The molecule has 1 aromatic carbocycles. The van der Waals surface area contributed by atoms with Crippen LogP contribution in [0.3, 0.4) is 0 Å². The zero-order valence-corrected chi connectivity index (χ0v) is 12.7. The van der Waals surface area contributed by atoms with Crippen LogP contribution in [0.15, 0.2) is 12.1 Å². The standard InChI is InChI=1S/C13H18F2O3Si/c1-13(2,3)19(4,5)18-10-7-8(14)6-9(15)11(10)12(16)17/h6-7H,1-5H3,(H,16,17). The Bertz CT molecular complexity index is 507. The van der Waals surface area contributed by atoms with Gasteiger partial charge in [0.25, 0.3) is 8.32 Å². The van der Waals surface area contributed by atoms with Gasteiger partial charge in [-0.15, -0.1) is 0 Å². The number of carbonyl (C=O) groups is 1. The van der Waals surface area contributed by atoms with E-state index in [9.17, 15) is 13.6 Å². The second kappa shape index (κ2) is 4.92. The van der Waals surface area contributed by atoms with E-state index in [0.717, 1.165) is 6.07 Å². The number of hydrogen-bond donors (Lipinski definition) is 1. The third-order valence-electron chi connectivity index (χ3n) is 3.40. The average Bonchev–Trinajstić information content (AvgIpc) is 2.12. The largest absolute Gasteiger partial charge is 0.543 e. The molecule has 0 aliphatic rings. The van der Waals surface area contributed by atoms with E-state index in [1.54, 1.807) is 0 Å². The zero-order valence-electron chi connectivity index (χ0n) is 11.7. The van der Waals surface area contributed by atoms with Crippen molar-refractivity contribution in [2.75, 3.05) is 0 Å². The maximum atomic E-state index is 13.5. The lowest BCUT2D eigenvalue weighted by Crippen LogP contribution is -2.44. The van der Waals surface area contributed by atoms with Gasteiger partial charge in [-0.2, -0.15) is 0 Å². The van der Waals surface area contributed by atoms with Crippen LogP contribution in [-0.2, 0) is 0 Å². The van der Waals surface area contributed by atoms with Crippen LogP contribution in [0.4, 0.5) is 8.78 Å². The summed E-state index contributed by atoms with van der Waals surface area (Å²) in [6, 6.07) is 1.47. The maximum Gasteiger partial charge on any atom is 0.342 e. The maximum absolute atomic E-state index is 13.5. The molecule has 0 aliphatic heterocycles. The van der Waals surface area contributed by atoms with E-state index in [-0.39, 0.29) is 10.8 Å². The molecular formula is C13H18F2O3Si. The van der Waals surface area contributed by atoms with E-state index in [4.69, 9.17) is 9.53 Å². The van der Waals surface area contributed by atoms with Crippen LogP contribution in [0.2, 0.25) is 18.1 Å². The van der Waals surface area contributed by atoms with Gasteiger partial charge >= 0.3 is 5.97 Å². The molecule has 0 spiro atoms. The highest BCUT2D eigenvalue weighted by Gasteiger charge is 2.40. The highest BCUT2D eigenvalue weighted by molar-refractivity contribution is 6.74. The molecular weight excluding hydrogens is 270 g/mol. The second-order valence-electron chi connectivity index (χ2n) is 5.93. The van der Waals surface area contributed by atoms with Crippen LogP contribution in [0, 0.1) is 11.6 Å². The molecule has 0 heterocycles. The number of carboxylic acids is 1. The fourth-order valence-electron chi connectivity index (χ4n) is 1.27. The summed E-state index contributed by atoms with van der Waals surface area (Å²) in [7, 11) is -2.37. The Kier molecular flexibility index (Phi) is 4.05. The molecule has 0 saturated heterocycles. The van der Waals surface area contributed by atoms with Crippen molar-refractivity contribution >= 4 is 14.3 Å². The van der Waals surface area contributed by atoms with E-state index in [1.807, 2.05) is 33.9 Å². The molecule has 0 fully saturated rings. The van der Waals surface area contributed by atoms with Gasteiger partial charge in [-0.25, -0.2) is 13.6 Å². The van der Waals surface area contributed by atoms with Crippen LogP contribution in [0.25, 0.3) is 0 Å². The molecule has 0 bridgehead atoms. The third kappa shape index (κ3) is 3.31. The summed E-state index contributed by atoms with van der Waals surface area (Å²) in [5, 5.41) is 8.81. The van der Waals surface area contributed by atoms with Crippen LogP contribution in [-0.4, -0.2) is 19.4 Å². The van der Waals surface area contributed by atoms with E-state index in [1.165, 1.54) is 0 Å². The van der Waals surface area contributed by atoms with Crippen molar-refractivity contribution < 1.29 is 23.1 Å². The number of carboxylic acid groups (broad SMARTS) is 1. The molecule has 1 N–H and O–H groups in total. The van der Waals surface area contributed by atoms with Gasteiger partial charge in [-0.1, -0.05) is 20.8 Å². The quantitative estimate of drug-likeness (QED) is 0.854. The highest BCUT2D eigenvalue weighted by Crippen LogP contribution is 2.38. The molecule has 0 unspecified atom stereocenters. The molecule has 106 valence electrons. The molecule has 19 heavy (non-hydrogen) atoms. The highest BCUT2D eigenvalue weighted by atomic mass is 28.4. The molecule has 0 aromatic heterocycles.